The molecule has 0 heterocycles. The molecule has 0 fully saturated rings. The van der Waals surface area contributed by atoms with Crippen LogP contribution in [0, 0.1) is 11.6 Å². The lowest BCUT2D eigenvalue weighted by Crippen LogP contribution is -2.15. The minimum Gasteiger partial charge on any atom is -0.399 e. The molecular formula is C19H13ClF2N2O. The maximum absolute atomic E-state index is 13.6. The Morgan fingerprint density at radius 3 is 2.24 bits per heavy atom. The molecule has 3 aromatic rings. The monoisotopic (exact) mass is 358 g/mol. The van der Waals surface area contributed by atoms with E-state index in [1.807, 2.05) is 0 Å². The zero-order valence-electron chi connectivity index (χ0n) is 12.9. The van der Waals surface area contributed by atoms with Crippen LogP contribution in [0.4, 0.5) is 20.2 Å². The molecule has 3 nitrogen and oxygen atoms in total. The number of benzene rings is 3. The van der Waals surface area contributed by atoms with Crippen molar-refractivity contribution < 1.29 is 13.6 Å². The molecule has 1 amide bonds. The van der Waals surface area contributed by atoms with Gasteiger partial charge in [0.2, 0.25) is 0 Å². The Morgan fingerprint density at radius 1 is 0.960 bits per heavy atom. The molecule has 0 radical (unpaired) electrons. The first kappa shape index (κ1) is 16.9. The van der Waals surface area contributed by atoms with Crippen molar-refractivity contribution in [1.29, 1.82) is 0 Å². The van der Waals surface area contributed by atoms with Crippen molar-refractivity contribution in [1.82, 2.24) is 0 Å². The Labute approximate surface area is 148 Å². The predicted molar refractivity (Wildman–Crippen MR) is 95.6 cm³/mol. The summed E-state index contributed by atoms with van der Waals surface area (Å²) in [5, 5.41) is 3.01. The van der Waals surface area contributed by atoms with E-state index >= 15 is 0 Å². The van der Waals surface area contributed by atoms with Crippen LogP contribution >= 0.6 is 11.6 Å². The topological polar surface area (TPSA) is 55.1 Å². The van der Waals surface area contributed by atoms with E-state index in [9.17, 15) is 13.6 Å². The molecule has 0 saturated heterocycles. The summed E-state index contributed by atoms with van der Waals surface area (Å²) in [6, 6.07) is 15.1. The molecule has 0 unspecified atom stereocenters. The molecule has 0 saturated carbocycles. The van der Waals surface area contributed by atoms with Gasteiger partial charge in [-0.1, -0.05) is 29.8 Å². The SMILES string of the molecule is Nc1ccc(Cl)c(-c2ccc(NC(=O)c3c(F)cccc3F)cc2)c1. The summed E-state index contributed by atoms with van der Waals surface area (Å²) in [4.78, 5) is 12.1. The van der Waals surface area contributed by atoms with Crippen LogP contribution < -0.4 is 11.1 Å². The molecule has 0 atom stereocenters. The van der Waals surface area contributed by atoms with E-state index in [4.69, 9.17) is 17.3 Å². The van der Waals surface area contributed by atoms with Gasteiger partial charge in [0.25, 0.3) is 5.91 Å². The third-order valence-electron chi connectivity index (χ3n) is 3.63. The molecule has 3 rings (SSSR count). The summed E-state index contributed by atoms with van der Waals surface area (Å²) in [5.74, 6) is -2.69. The van der Waals surface area contributed by atoms with Crippen LogP contribution in [-0.4, -0.2) is 5.91 Å². The number of amides is 1. The summed E-state index contributed by atoms with van der Waals surface area (Å²) in [5.41, 5.74) is 7.67. The number of rotatable bonds is 3. The molecule has 0 aliphatic carbocycles. The Hall–Kier alpha value is -2.92. The van der Waals surface area contributed by atoms with Gasteiger partial charge >= 0.3 is 0 Å². The largest absolute Gasteiger partial charge is 0.399 e. The molecule has 0 aromatic heterocycles. The highest BCUT2D eigenvalue weighted by molar-refractivity contribution is 6.33. The molecule has 0 bridgehead atoms. The molecule has 0 aliphatic rings. The molecule has 0 aliphatic heterocycles. The Kier molecular flexibility index (Phi) is 4.67. The summed E-state index contributed by atoms with van der Waals surface area (Å²) >= 11 is 6.16. The van der Waals surface area contributed by atoms with E-state index in [2.05, 4.69) is 5.32 Å². The highest BCUT2D eigenvalue weighted by Crippen LogP contribution is 2.30. The number of anilines is 2. The minimum absolute atomic E-state index is 0.399. The molecule has 3 aromatic carbocycles. The van der Waals surface area contributed by atoms with Gasteiger partial charge in [0.15, 0.2) is 0 Å². The van der Waals surface area contributed by atoms with Crippen LogP contribution in [0.3, 0.4) is 0 Å². The lowest BCUT2D eigenvalue weighted by molar-refractivity contribution is 0.101. The summed E-state index contributed by atoms with van der Waals surface area (Å²) in [7, 11) is 0. The fourth-order valence-corrected chi connectivity index (χ4v) is 2.63. The number of hydrogen-bond donors (Lipinski definition) is 2. The Morgan fingerprint density at radius 2 is 1.60 bits per heavy atom. The van der Waals surface area contributed by atoms with Crippen LogP contribution in [0.15, 0.2) is 60.7 Å². The van der Waals surface area contributed by atoms with Gasteiger partial charge in [0.05, 0.1) is 0 Å². The van der Waals surface area contributed by atoms with Crippen molar-refractivity contribution in [2.45, 2.75) is 0 Å². The molecule has 25 heavy (non-hydrogen) atoms. The number of halogens is 3. The van der Waals surface area contributed by atoms with E-state index in [0.717, 1.165) is 23.3 Å². The summed E-state index contributed by atoms with van der Waals surface area (Å²) in [6.45, 7) is 0. The lowest BCUT2D eigenvalue weighted by Gasteiger charge is -2.09. The third-order valence-corrected chi connectivity index (χ3v) is 3.96. The fraction of sp³-hybridized carbons (Fsp3) is 0. The fourth-order valence-electron chi connectivity index (χ4n) is 2.41. The van der Waals surface area contributed by atoms with E-state index in [1.165, 1.54) is 6.07 Å². The van der Waals surface area contributed by atoms with E-state index < -0.39 is 23.1 Å². The first-order chi connectivity index (χ1) is 12.0. The van der Waals surface area contributed by atoms with Gasteiger partial charge in [-0.15, -0.1) is 0 Å². The van der Waals surface area contributed by atoms with Crippen molar-refractivity contribution >= 4 is 28.9 Å². The minimum atomic E-state index is -0.916. The molecular weight excluding hydrogens is 346 g/mol. The van der Waals surface area contributed by atoms with Gasteiger partial charge in [0.1, 0.15) is 17.2 Å². The average Bonchev–Trinajstić information content (AvgIpc) is 2.58. The van der Waals surface area contributed by atoms with Gasteiger partial charge in [-0.2, -0.15) is 0 Å². The second-order valence-electron chi connectivity index (χ2n) is 5.37. The van der Waals surface area contributed by atoms with Gasteiger partial charge in [-0.25, -0.2) is 8.78 Å². The van der Waals surface area contributed by atoms with Crippen LogP contribution in [-0.2, 0) is 0 Å². The van der Waals surface area contributed by atoms with Crippen LogP contribution in [0.5, 0.6) is 0 Å². The Balaban J connectivity index is 1.84. The lowest BCUT2D eigenvalue weighted by atomic mass is 10.0. The highest BCUT2D eigenvalue weighted by Gasteiger charge is 2.17. The Bertz CT molecular complexity index is 922. The van der Waals surface area contributed by atoms with Crippen molar-refractivity contribution in [3.05, 3.63) is 82.9 Å². The number of nitrogens with one attached hydrogen (secondary N) is 1. The number of nitrogens with two attached hydrogens (primary N) is 1. The predicted octanol–water partition coefficient (Wildman–Crippen LogP) is 5.12. The van der Waals surface area contributed by atoms with Crippen LogP contribution in [0.1, 0.15) is 10.4 Å². The molecule has 3 N–H and O–H groups in total. The number of carbonyl (C=O) groups excluding carboxylic acids is 1. The van der Waals surface area contributed by atoms with Crippen LogP contribution in [0.25, 0.3) is 11.1 Å². The standard InChI is InChI=1S/C19H13ClF2N2O/c20-15-9-6-12(23)10-14(15)11-4-7-13(8-5-11)24-19(25)18-16(21)2-1-3-17(18)22/h1-10H,23H2,(H,24,25). The van der Waals surface area contributed by atoms with E-state index in [1.54, 1.807) is 42.5 Å². The van der Waals surface area contributed by atoms with Gasteiger partial charge in [0, 0.05) is 22.0 Å². The first-order valence-corrected chi connectivity index (χ1v) is 7.74. The number of carbonyl (C=O) groups is 1. The van der Waals surface area contributed by atoms with Gasteiger partial charge in [-0.3, -0.25) is 4.79 Å². The van der Waals surface area contributed by atoms with Crippen molar-refractivity contribution in [3.63, 3.8) is 0 Å². The average molecular weight is 359 g/mol. The molecule has 6 heteroatoms. The second-order valence-corrected chi connectivity index (χ2v) is 5.77. The van der Waals surface area contributed by atoms with Crippen molar-refractivity contribution in [3.8, 4) is 11.1 Å². The zero-order valence-corrected chi connectivity index (χ0v) is 13.6. The van der Waals surface area contributed by atoms with E-state index in [-0.39, 0.29) is 0 Å². The van der Waals surface area contributed by atoms with Gasteiger partial charge < -0.3 is 11.1 Å². The summed E-state index contributed by atoms with van der Waals surface area (Å²) in [6.07, 6.45) is 0. The molecule has 126 valence electrons. The maximum atomic E-state index is 13.6. The quantitative estimate of drug-likeness (QED) is 0.638. The first-order valence-electron chi connectivity index (χ1n) is 7.36. The van der Waals surface area contributed by atoms with Gasteiger partial charge in [-0.05, 0) is 48.0 Å². The normalized spacial score (nSPS) is 10.5. The summed E-state index contributed by atoms with van der Waals surface area (Å²) < 4.78 is 27.3. The van der Waals surface area contributed by atoms with E-state index in [0.29, 0.717) is 16.4 Å². The molecule has 0 spiro atoms. The third kappa shape index (κ3) is 3.61. The zero-order chi connectivity index (χ0) is 18.0. The second kappa shape index (κ2) is 6.91. The maximum Gasteiger partial charge on any atom is 0.261 e. The van der Waals surface area contributed by atoms with Crippen molar-refractivity contribution in [2.24, 2.45) is 0 Å². The number of hydrogen-bond acceptors (Lipinski definition) is 2. The van der Waals surface area contributed by atoms with Crippen LogP contribution in [0.2, 0.25) is 5.02 Å². The smallest absolute Gasteiger partial charge is 0.261 e. The highest BCUT2D eigenvalue weighted by atomic mass is 35.5. The van der Waals surface area contributed by atoms with Crippen molar-refractivity contribution in [2.75, 3.05) is 11.1 Å². The number of nitrogen functional groups attached to an aromatic ring is 1.